The van der Waals surface area contributed by atoms with Crippen LogP contribution in [0.4, 0.5) is 0 Å². The summed E-state index contributed by atoms with van der Waals surface area (Å²) in [6, 6.07) is 0.169. The number of nitrogens with two attached hydrogens (primary N) is 1. The highest BCUT2D eigenvalue weighted by atomic mass is 31.1. The van der Waals surface area contributed by atoms with Crippen LogP contribution in [0.5, 0.6) is 0 Å². The molecule has 0 amide bonds. The van der Waals surface area contributed by atoms with Gasteiger partial charge in [0.05, 0.1) is 12.7 Å². The molecule has 0 fully saturated rings. The lowest BCUT2D eigenvalue weighted by molar-refractivity contribution is 0.0739. The zero-order valence-electron chi connectivity index (χ0n) is 7.05. The van der Waals surface area contributed by atoms with Gasteiger partial charge in [0.1, 0.15) is 0 Å². The molecule has 0 saturated heterocycles. The summed E-state index contributed by atoms with van der Waals surface area (Å²) < 4.78 is 5.43. The summed E-state index contributed by atoms with van der Waals surface area (Å²) in [4.78, 5) is 0. The summed E-state index contributed by atoms with van der Waals surface area (Å²) in [5.41, 5.74) is 5.51. The van der Waals surface area contributed by atoms with Crippen molar-refractivity contribution in [3.8, 4) is 0 Å². The second kappa shape index (κ2) is 6.09. The molecule has 2 nitrogen and oxygen atoms in total. The quantitative estimate of drug-likeness (QED) is 0.615. The topological polar surface area (TPSA) is 35.2 Å². The van der Waals surface area contributed by atoms with Crippen LogP contribution in [-0.4, -0.2) is 31.6 Å². The zero-order chi connectivity index (χ0) is 7.98. The fourth-order valence-corrected chi connectivity index (χ4v) is 1.36. The minimum Gasteiger partial charge on any atom is -0.377 e. The summed E-state index contributed by atoms with van der Waals surface area (Å²) in [5, 5.41) is 0. The molecule has 0 aromatic heterocycles. The lowest BCUT2D eigenvalue weighted by atomic mass is 10.4. The van der Waals surface area contributed by atoms with Crippen molar-refractivity contribution in [2.24, 2.45) is 5.73 Å². The van der Waals surface area contributed by atoms with Gasteiger partial charge < -0.3 is 10.5 Å². The summed E-state index contributed by atoms with van der Waals surface area (Å²) in [6.07, 6.45) is 1.54. The van der Waals surface area contributed by atoms with Crippen LogP contribution in [0.2, 0.25) is 0 Å². The Kier molecular flexibility index (Phi) is 6.30. The molecular formula is C7H18NOP. The average Bonchev–Trinajstić information content (AvgIpc) is 1.85. The fraction of sp³-hybridized carbons (Fsp3) is 1.00. The molecule has 62 valence electrons. The smallest absolute Gasteiger partial charge is 0.0618 e. The van der Waals surface area contributed by atoms with Crippen LogP contribution in [0, 0.1) is 0 Å². The van der Waals surface area contributed by atoms with Crippen LogP contribution < -0.4 is 5.73 Å². The zero-order valence-corrected chi connectivity index (χ0v) is 8.05. The number of hydrogen-bond acceptors (Lipinski definition) is 2. The standard InChI is InChI=1S/C7H18NOP/c1-6(8)4-9-7(2)5-10-3/h6-7,10H,4-5,8H2,1-3H3. The first-order valence-electron chi connectivity index (χ1n) is 3.68. The van der Waals surface area contributed by atoms with Crippen molar-refractivity contribution in [1.29, 1.82) is 0 Å². The van der Waals surface area contributed by atoms with Crippen molar-refractivity contribution in [3.05, 3.63) is 0 Å². The van der Waals surface area contributed by atoms with E-state index in [2.05, 4.69) is 13.6 Å². The molecule has 3 heteroatoms. The number of rotatable bonds is 5. The molecule has 0 aromatic rings. The monoisotopic (exact) mass is 163 g/mol. The molecule has 10 heavy (non-hydrogen) atoms. The van der Waals surface area contributed by atoms with Gasteiger partial charge in [0.15, 0.2) is 0 Å². The van der Waals surface area contributed by atoms with E-state index in [0.29, 0.717) is 12.7 Å². The molecule has 0 radical (unpaired) electrons. The Bertz CT molecular complexity index is 78.0. The Morgan fingerprint density at radius 1 is 1.50 bits per heavy atom. The first kappa shape index (κ1) is 10.3. The van der Waals surface area contributed by atoms with Gasteiger partial charge in [-0.1, -0.05) is 0 Å². The third-order valence-corrected chi connectivity index (χ3v) is 2.12. The van der Waals surface area contributed by atoms with Gasteiger partial charge in [0.2, 0.25) is 0 Å². The second-order valence-corrected chi connectivity index (χ2v) is 3.79. The van der Waals surface area contributed by atoms with E-state index in [-0.39, 0.29) is 6.04 Å². The van der Waals surface area contributed by atoms with Crippen molar-refractivity contribution in [1.82, 2.24) is 0 Å². The van der Waals surface area contributed by atoms with Gasteiger partial charge >= 0.3 is 0 Å². The largest absolute Gasteiger partial charge is 0.377 e. The van der Waals surface area contributed by atoms with Crippen molar-refractivity contribution >= 4 is 8.58 Å². The van der Waals surface area contributed by atoms with Crippen molar-refractivity contribution in [2.75, 3.05) is 19.4 Å². The van der Waals surface area contributed by atoms with Crippen LogP contribution in [0.15, 0.2) is 0 Å². The molecule has 0 rings (SSSR count). The maximum absolute atomic E-state index is 5.51. The van der Waals surface area contributed by atoms with Crippen LogP contribution >= 0.6 is 8.58 Å². The number of hydrogen-bond donors (Lipinski definition) is 1. The van der Waals surface area contributed by atoms with Gasteiger partial charge in [-0.25, -0.2) is 0 Å². The summed E-state index contributed by atoms with van der Waals surface area (Å²) in [7, 11) is 0.976. The lowest BCUT2D eigenvalue weighted by Crippen LogP contribution is -2.25. The summed E-state index contributed by atoms with van der Waals surface area (Å²) in [6.45, 7) is 6.93. The minimum atomic E-state index is 0.169. The van der Waals surface area contributed by atoms with Gasteiger partial charge in [-0.15, -0.1) is 8.58 Å². The summed E-state index contributed by atoms with van der Waals surface area (Å²) in [5.74, 6) is 0. The van der Waals surface area contributed by atoms with E-state index >= 15 is 0 Å². The SMILES string of the molecule is CPCC(C)OCC(C)N. The third kappa shape index (κ3) is 6.47. The van der Waals surface area contributed by atoms with E-state index in [4.69, 9.17) is 10.5 Å². The van der Waals surface area contributed by atoms with Gasteiger partial charge in [0, 0.05) is 6.04 Å². The van der Waals surface area contributed by atoms with E-state index in [1.165, 1.54) is 0 Å². The predicted octanol–water partition coefficient (Wildman–Crippen LogP) is 1.05. The molecule has 0 aliphatic carbocycles. The van der Waals surface area contributed by atoms with Gasteiger partial charge in [-0.05, 0) is 26.7 Å². The van der Waals surface area contributed by atoms with E-state index in [1.54, 1.807) is 0 Å². The van der Waals surface area contributed by atoms with E-state index < -0.39 is 0 Å². The Balaban J connectivity index is 3.12. The Hall–Kier alpha value is 0.350. The minimum absolute atomic E-state index is 0.169. The average molecular weight is 163 g/mol. The molecule has 3 unspecified atom stereocenters. The molecule has 0 bridgehead atoms. The van der Waals surface area contributed by atoms with Crippen molar-refractivity contribution in [3.63, 3.8) is 0 Å². The highest BCUT2D eigenvalue weighted by Gasteiger charge is 2.00. The molecule has 0 aliphatic rings. The van der Waals surface area contributed by atoms with Crippen molar-refractivity contribution in [2.45, 2.75) is 26.0 Å². The first-order chi connectivity index (χ1) is 4.66. The van der Waals surface area contributed by atoms with Crippen LogP contribution in [0.3, 0.4) is 0 Å². The second-order valence-electron chi connectivity index (χ2n) is 2.68. The van der Waals surface area contributed by atoms with Gasteiger partial charge in [-0.3, -0.25) is 0 Å². The maximum atomic E-state index is 5.51. The lowest BCUT2D eigenvalue weighted by Gasteiger charge is -2.13. The first-order valence-corrected chi connectivity index (χ1v) is 5.39. The van der Waals surface area contributed by atoms with Crippen LogP contribution in [-0.2, 0) is 4.74 Å². The normalized spacial score (nSPS) is 18.0. The molecule has 0 aliphatic heterocycles. The predicted molar refractivity (Wildman–Crippen MR) is 48.2 cm³/mol. The molecule has 0 heterocycles. The third-order valence-electron chi connectivity index (χ3n) is 1.14. The van der Waals surface area contributed by atoms with E-state index in [1.807, 2.05) is 6.92 Å². The van der Waals surface area contributed by atoms with Gasteiger partial charge in [0.25, 0.3) is 0 Å². The molecular weight excluding hydrogens is 145 g/mol. The molecule has 0 aromatic carbocycles. The number of ether oxygens (including phenoxy) is 1. The fourth-order valence-electron chi connectivity index (χ4n) is 0.662. The summed E-state index contributed by atoms with van der Waals surface area (Å²) >= 11 is 0. The Morgan fingerprint density at radius 2 is 2.10 bits per heavy atom. The Morgan fingerprint density at radius 3 is 2.50 bits per heavy atom. The van der Waals surface area contributed by atoms with Crippen LogP contribution in [0.1, 0.15) is 13.8 Å². The molecule has 0 spiro atoms. The van der Waals surface area contributed by atoms with E-state index in [0.717, 1.165) is 14.7 Å². The highest BCUT2D eigenvalue weighted by molar-refractivity contribution is 7.37. The molecule has 2 N–H and O–H groups in total. The van der Waals surface area contributed by atoms with Crippen molar-refractivity contribution < 1.29 is 4.74 Å². The van der Waals surface area contributed by atoms with Gasteiger partial charge in [-0.2, -0.15) is 0 Å². The molecule has 0 saturated carbocycles. The highest BCUT2D eigenvalue weighted by Crippen LogP contribution is 2.06. The van der Waals surface area contributed by atoms with E-state index in [9.17, 15) is 0 Å². The molecule has 3 atom stereocenters. The maximum Gasteiger partial charge on any atom is 0.0618 e. The Labute approximate surface area is 65.3 Å². The van der Waals surface area contributed by atoms with Crippen LogP contribution in [0.25, 0.3) is 0 Å².